The number of rotatable bonds is 4. The standard InChI is InChI=1S/C12H11F3N2O2/c13-12(14,15)19-9-5-2-1-4-8(9)11(17-16)10-6-3-7-18-10/h1-7,11,17H,16H2. The van der Waals surface area contributed by atoms with Gasteiger partial charge in [-0.15, -0.1) is 13.2 Å². The third kappa shape index (κ3) is 3.27. The van der Waals surface area contributed by atoms with E-state index in [1.165, 1.54) is 24.5 Å². The molecule has 102 valence electrons. The Labute approximate surface area is 106 Å². The fraction of sp³-hybridized carbons (Fsp3) is 0.167. The molecule has 0 amide bonds. The van der Waals surface area contributed by atoms with Crippen LogP contribution in [0.25, 0.3) is 0 Å². The number of nitrogens with one attached hydrogen (secondary N) is 1. The molecule has 0 radical (unpaired) electrons. The number of hydrogen-bond acceptors (Lipinski definition) is 4. The van der Waals surface area contributed by atoms with Crippen molar-refractivity contribution in [2.75, 3.05) is 0 Å². The number of hydrazine groups is 1. The van der Waals surface area contributed by atoms with E-state index in [1.54, 1.807) is 18.2 Å². The molecule has 1 atom stereocenters. The van der Waals surface area contributed by atoms with Crippen LogP contribution in [0.4, 0.5) is 13.2 Å². The Morgan fingerprint density at radius 1 is 1.16 bits per heavy atom. The van der Waals surface area contributed by atoms with Crippen LogP contribution < -0.4 is 16.0 Å². The highest BCUT2D eigenvalue weighted by Crippen LogP contribution is 2.33. The van der Waals surface area contributed by atoms with Crippen molar-refractivity contribution in [1.29, 1.82) is 0 Å². The number of nitrogens with two attached hydrogens (primary N) is 1. The lowest BCUT2D eigenvalue weighted by molar-refractivity contribution is -0.275. The van der Waals surface area contributed by atoms with Crippen LogP contribution in [0, 0.1) is 0 Å². The second-order valence-electron chi connectivity index (χ2n) is 3.70. The second-order valence-corrected chi connectivity index (χ2v) is 3.70. The van der Waals surface area contributed by atoms with Crippen molar-refractivity contribution in [1.82, 2.24) is 5.43 Å². The molecule has 4 nitrogen and oxygen atoms in total. The quantitative estimate of drug-likeness (QED) is 0.663. The molecule has 0 aliphatic rings. The molecule has 1 heterocycles. The van der Waals surface area contributed by atoms with Gasteiger partial charge in [-0.25, -0.2) is 5.43 Å². The first-order chi connectivity index (χ1) is 9.01. The Morgan fingerprint density at radius 2 is 1.89 bits per heavy atom. The first-order valence-electron chi connectivity index (χ1n) is 5.35. The van der Waals surface area contributed by atoms with Gasteiger partial charge in [0.1, 0.15) is 17.6 Å². The molecular weight excluding hydrogens is 261 g/mol. The van der Waals surface area contributed by atoms with Gasteiger partial charge in [-0.05, 0) is 18.2 Å². The molecule has 19 heavy (non-hydrogen) atoms. The van der Waals surface area contributed by atoms with Crippen LogP contribution in [-0.2, 0) is 0 Å². The number of benzene rings is 1. The molecule has 2 aromatic rings. The van der Waals surface area contributed by atoms with Crippen molar-refractivity contribution in [3.8, 4) is 5.75 Å². The summed E-state index contributed by atoms with van der Waals surface area (Å²) in [5.41, 5.74) is 2.64. The van der Waals surface area contributed by atoms with Crippen LogP contribution in [-0.4, -0.2) is 6.36 Å². The van der Waals surface area contributed by atoms with Gasteiger partial charge in [0.05, 0.1) is 6.26 Å². The third-order valence-electron chi connectivity index (χ3n) is 2.45. The minimum Gasteiger partial charge on any atom is -0.467 e. The number of alkyl halides is 3. The van der Waals surface area contributed by atoms with Crippen molar-refractivity contribution < 1.29 is 22.3 Å². The van der Waals surface area contributed by atoms with E-state index in [4.69, 9.17) is 10.3 Å². The van der Waals surface area contributed by atoms with Gasteiger partial charge in [0.15, 0.2) is 0 Å². The summed E-state index contributed by atoms with van der Waals surface area (Å²) < 4.78 is 46.1. The highest BCUT2D eigenvalue weighted by atomic mass is 19.4. The van der Waals surface area contributed by atoms with Gasteiger partial charge in [-0.1, -0.05) is 18.2 Å². The summed E-state index contributed by atoms with van der Waals surface area (Å²) in [5, 5.41) is 0. The normalized spacial score (nSPS) is 13.3. The Hall–Kier alpha value is -1.99. The van der Waals surface area contributed by atoms with E-state index >= 15 is 0 Å². The fourth-order valence-corrected chi connectivity index (χ4v) is 1.72. The minimum absolute atomic E-state index is 0.234. The molecule has 0 fully saturated rings. The van der Waals surface area contributed by atoms with Crippen LogP contribution in [0.2, 0.25) is 0 Å². The fourth-order valence-electron chi connectivity index (χ4n) is 1.72. The summed E-state index contributed by atoms with van der Waals surface area (Å²) >= 11 is 0. The smallest absolute Gasteiger partial charge is 0.467 e. The van der Waals surface area contributed by atoms with Gasteiger partial charge in [-0.3, -0.25) is 5.84 Å². The van der Waals surface area contributed by atoms with Crippen LogP contribution >= 0.6 is 0 Å². The molecule has 7 heteroatoms. The SMILES string of the molecule is NNC(c1ccco1)c1ccccc1OC(F)(F)F. The summed E-state index contributed by atoms with van der Waals surface area (Å²) in [6.45, 7) is 0. The zero-order valence-corrected chi connectivity index (χ0v) is 9.65. The van der Waals surface area contributed by atoms with E-state index < -0.39 is 12.4 Å². The Kier molecular flexibility index (Phi) is 3.77. The van der Waals surface area contributed by atoms with Crippen LogP contribution in [0.1, 0.15) is 17.4 Å². The average molecular weight is 272 g/mol. The number of furan rings is 1. The molecule has 0 bridgehead atoms. The summed E-state index contributed by atoms with van der Waals surface area (Å²) in [6, 6.07) is 8.23. The maximum Gasteiger partial charge on any atom is 0.573 e. The Morgan fingerprint density at radius 3 is 2.47 bits per heavy atom. The van der Waals surface area contributed by atoms with Crippen LogP contribution in [0.5, 0.6) is 5.75 Å². The van der Waals surface area contributed by atoms with E-state index in [2.05, 4.69) is 10.2 Å². The van der Waals surface area contributed by atoms with Crippen molar-refractivity contribution >= 4 is 0 Å². The van der Waals surface area contributed by atoms with Gasteiger partial charge in [0.2, 0.25) is 0 Å². The van der Waals surface area contributed by atoms with E-state index in [0.29, 0.717) is 5.76 Å². The monoisotopic (exact) mass is 272 g/mol. The van der Waals surface area contributed by atoms with Crippen LogP contribution in [0.3, 0.4) is 0 Å². The molecule has 0 aliphatic heterocycles. The lowest BCUT2D eigenvalue weighted by Gasteiger charge is -2.18. The van der Waals surface area contributed by atoms with E-state index in [9.17, 15) is 13.2 Å². The highest BCUT2D eigenvalue weighted by molar-refractivity contribution is 5.39. The highest BCUT2D eigenvalue weighted by Gasteiger charge is 2.33. The average Bonchev–Trinajstić information content (AvgIpc) is 2.84. The number of para-hydroxylation sites is 1. The molecule has 1 aromatic heterocycles. The first-order valence-corrected chi connectivity index (χ1v) is 5.35. The summed E-state index contributed by atoms with van der Waals surface area (Å²) in [5.74, 6) is 5.45. The number of halogens is 3. The van der Waals surface area contributed by atoms with Crippen molar-refractivity contribution in [2.45, 2.75) is 12.4 Å². The third-order valence-corrected chi connectivity index (χ3v) is 2.45. The first kappa shape index (κ1) is 13.4. The maximum absolute atomic E-state index is 12.3. The molecule has 1 unspecified atom stereocenters. The van der Waals surface area contributed by atoms with Crippen molar-refractivity contribution in [2.24, 2.45) is 5.84 Å². The summed E-state index contributed by atoms with van der Waals surface area (Å²) in [6.07, 6.45) is -3.36. The maximum atomic E-state index is 12.3. The van der Waals surface area contributed by atoms with Crippen LogP contribution in [0.15, 0.2) is 47.1 Å². The molecule has 0 saturated carbocycles. The van der Waals surface area contributed by atoms with E-state index in [1.807, 2.05) is 0 Å². The van der Waals surface area contributed by atoms with Gasteiger partial charge in [0, 0.05) is 5.56 Å². The van der Waals surface area contributed by atoms with Crippen molar-refractivity contribution in [3.05, 3.63) is 54.0 Å². The van der Waals surface area contributed by atoms with Gasteiger partial charge in [0.25, 0.3) is 0 Å². The summed E-state index contributed by atoms with van der Waals surface area (Å²) in [7, 11) is 0. The van der Waals surface area contributed by atoms with E-state index in [0.717, 1.165) is 0 Å². The molecular formula is C12H11F3N2O2. The van der Waals surface area contributed by atoms with Gasteiger partial charge >= 0.3 is 6.36 Å². The molecule has 2 rings (SSSR count). The summed E-state index contributed by atoms with van der Waals surface area (Å²) in [4.78, 5) is 0. The van der Waals surface area contributed by atoms with E-state index in [-0.39, 0.29) is 11.3 Å². The molecule has 3 N–H and O–H groups in total. The second kappa shape index (κ2) is 5.33. The molecule has 1 aromatic carbocycles. The topological polar surface area (TPSA) is 60.4 Å². The van der Waals surface area contributed by atoms with Gasteiger partial charge < -0.3 is 9.15 Å². The Bertz CT molecular complexity index is 526. The van der Waals surface area contributed by atoms with Gasteiger partial charge in [-0.2, -0.15) is 0 Å². The lowest BCUT2D eigenvalue weighted by Crippen LogP contribution is -2.29. The molecule has 0 spiro atoms. The predicted octanol–water partition coefficient (Wildman–Crippen LogP) is 2.73. The number of ether oxygens (including phenoxy) is 1. The lowest BCUT2D eigenvalue weighted by atomic mass is 10.0. The predicted molar refractivity (Wildman–Crippen MR) is 61.0 cm³/mol. The number of hydrogen-bond donors (Lipinski definition) is 2. The largest absolute Gasteiger partial charge is 0.573 e. The molecule has 0 aliphatic carbocycles. The molecule has 0 saturated heterocycles. The zero-order chi connectivity index (χ0) is 13.9. The minimum atomic E-state index is -4.77. The Balaban J connectivity index is 2.38. The van der Waals surface area contributed by atoms with Crippen molar-refractivity contribution in [3.63, 3.8) is 0 Å². The zero-order valence-electron chi connectivity index (χ0n) is 9.65.